The van der Waals surface area contributed by atoms with Gasteiger partial charge in [0.25, 0.3) is 0 Å². The standard InChI is InChI=1S/C14H15O4PS2.Na/c1-9-7-11(3-5-13(9)15)20-19(17,18)21-12-4-6-14(16)10(2)8-12;/h3-8,15-16H,1-2H3,(H,17,18);/q;+1/p-1. The van der Waals surface area contributed by atoms with Gasteiger partial charge in [-0.1, -0.05) is 11.6 Å². The van der Waals surface area contributed by atoms with Gasteiger partial charge in [-0.15, -0.1) is 5.75 Å². The SMILES string of the molecule is Cc1cc(SP(=O)(O)Sc2ccc(O)c(C)c2)ccc1[O-].[Na+]. The number of phenolic OH excluding ortho intramolecular Hbond substituents is 1. The first-order valence-corrected chi connectivity index (χ1v) is 10.6. The molecule has 0 heterocycles. The molecule has 22 heavy (non-hydrogen) atoms. The van der Waals surface area contributed by atoms with Crippen LogP contribution in [0.4, 0.5) is 0 Å². The van der Waals surface area contributed by atoms with Crippen LogP contribution in [0.3, 0.4) is 0 Å². The van der Waals surface area contributed by atoms with Gasteiger partial charge >= 0.3 is 35.3 Å². The van der Waals surface area contributed by atoms with Gasteiger partial charge in [0, 0.05) is 9.79 Å². The molecule has 0 saturated carbocycles. The Bertz CT molecular complexity index is 666. The van der Waals surface area contributed by atoms with Crippen LogP contribution in [0.1, 0.15) is 11.1 Å². The van der Waals surface area contributed by atoms with E-state index < -0.39 is 5.77 Å². The van der Waals surface area contributed by atoms with Crippen molar-refractivity contribution in [1.82, 2.24) is 0 Å². The fraction of sp³-hybridized carbons (Fsp3) is 0.143. The first kappa shape index (κ1) is 20.0. The van der Waals surface area contributed by atoms with Gasteiger partial charge < -0.3 is 15.1 Å². The molecule has 2 aromatic carbocycles. The number of aromatic hydroxyl groups is 1. The summed E-state index contributed by atoms with van der Waals surface area (Å²) >= 11 is 1.70. The maximum atomic E-state index is 12.3. The fourth-order valence-electron chi connectivity index (χ4n) is 1.65. The molecule has 112 valence electrons. The Labute approximate surface area is 159 Å². The first-order valence-electron chi connectivity index (χ1n) is 6.06. The van der Waals surface area contributed by atoms with E-state index in [1.807, 2.05) is 0 Å². The van der Waals surface area contributed by atoms with Crippen LogP contribution >= 0.6 is 28.5 Å². The average molecular weight is 364 g/mol. The Morgan fingerprint density at radius 1 is 1.00 bits per heavy atom. The van der Waals surface area contributed by atoms with Gasteiger partial charge in [0.1, 0.15) is 5.75 Å². The van der Waals surface area contributed by atoms with E-state index in [1.165, 1.54) is 12.1 Å². The van der Waals surface area contributed by atoms with E-state index in [9.17, 15) is 19.7 Å². The number of hydrogen-bond acceptors (Lipinski definition) is 5. The number of aryl methyl sites for hydroxylation is 2. The molecule has 1 unspecified atom stereocenters. The normalized spacial score (nSPS) is 13.2. The molecule has 8 heteroatoms. The molecule has 0 saturated heterocycles. The van der Waals surface area contributed by atoms with Gasteiger partial charge in [0.15, 0.2) is 0 Å². The van der Waals surface area contributed by atoms with E-state index in [1.54, 1.807) is 38.1 Å². The maximum absolute atomic E-state index is 12.3. The topological polar surface area (TPSA) is 80.6 Å². The van der Waals surface area contributed by atoms with E-state index in [-0.39, 0.29) is 41.1 Å². The summed E-state index contributed by atoms with van der Waals surface area (Å²) in [6, 6.07) is 9.31. The molecule has 0 aliphatic rings. The molecule has 0 aliphatic carbocycles. The summed E-state index contributed by atoms with van der Waals surface area (Å²) in [6.45, 7) is 3.40. The van der Waals surface area contributed by atoms with Crippen molar-refractivity contribution in [1.29, 1.82) is 0 Å². The maximum Gasteiger partial charge on any atom is 1.00 e. The Balaban J connectivity index is 0.00000242. The zero-order valence-corrected chi connectivity index (χ0v) is 17.0. The third-order valence-corrected chi connectivity index (χ3v) is 8.14. The molecule has 2 aromatic rings. The Kier molecular flexibility index (Phi) is 7.40. The molecule has 0 aliphatic heterocycles. The third-order valence-electron chi connectivity index (χ3n) is 2.76. The minimum atomic E-state index is -3.56. The summed E-state index contributed by atoms with van der Waals surface area (Å²) in [5.74, 6) is -3.49. The molecular formula is C14H14NaO4PS2. The minimum Gasteiger partial charge on any atom is -0.872 e. The van der Waals surface area contributed by atoms with Crippen molar-refractivity contribution in [2.45, 2.75) is 23.6 Å². The zero-order chi connectivity index (χ0) is 15.6. The summed E-state index contributed by atoms with van der Waals surface area (Å²) in [5, 5.41) is 20.8. The minimum absolute atomic E-state index is 0. The van der Waals surface area contributed by atoms with Crippen molar-refractivity contribution in [3.63, 3.8) is 0 Å². The predicted molar refractivity (Wildman–Crippen MR) is 85.0 cm³/mol. The Morgan fingerprint density at radius 2 is 1.50 bits per heavy atom. The molecule has 0 fully saturated rings. The fourth-order valence-corrected chi connectivity index (χ4v) is 7.21. The molecule has 0 amide bonds. The summed E-state index contributed by atoms with van der Waals surface area (Å²) in [7, 11) is 0. The van der Waals surface area contributed by atoms with Gasteiger partial charge in [-0.3, -0.25) is 4.57 Å². The Hall–Kier alpha value is -0.0700. The van der Waals surface area contributed by atoms with E-state index in [0.29, 0.717) is 20.9 Å². The molecule has 2 N–H and O–H groups in total. The second kappa shape index (κ2) is 8.15. The molecular weight excluding hydrogens is 350 g/mol. The van der Waals surface area contributed by atoms with Gasteiger partial charge in [0.05, 0.1) is 0 Å². The van der Waals surface area contributed by atoms with Crippen molar-refractivity contribution in [2.24, 2.45) is 0 Å². The van der Waals surface area contributed by atoms with Gasteiger partial charge in [-0.05, 0) is 72.5 Å². The van der Waals surface area contributed by atoms with Crippen LogP contribution in [0.5, 0.6) is 11.5 Å². The number of hydrogen-bond donors (Lipinski definition) is 2. The second-order valence-electron chi connectivity index (χ2n) is 4.53. The Morgan fingerprint density at radius 3 is 2.00 bits per heavy atom. The first-order chi connectivity index (χ1) is 9.77. The quantitative estimate of drug-likeness (QED) is 0.624. The van der Waals surface area contributed by atoms with Crippen LogP contribution in [-0.2, 0) is 4.57 Å². The number of phenols is 1. The summed E-state index contributed by atoms with van der Waals surface area (Å²) in [6.07, 6.45) is 0. The van der Waals surface area contributed by atoms with Crippen molar-refractivity contribution in [3.8, 4) is 11.5 Å². The summed E-state index contributed by atoms with van der Waals surface area (Å²) in [4.78, 5) is 11.3. The molecule has 0 bridgehead atoms. The monoisotopic (exact) mass is 364 g/mol. The van der Waals surface area contributed by atoms with Crippen LogP contribution in [0, 0.1) is 13.8 Å². The molecule has 0 radical (unpaired) electrons. The van der Waals surface area contributed by atoms with Crippen molar-refractivity contribution in [3.05, 3.63) is 47.5 Å². The van der Waals surface area contributed by atoms with E-state index in [0.717, 1.165) is 22.8 Å². The van der Waals surface area contributed by atoms with Gasteiger partial charge in [-0.25, -0.2) is 0 Å². The smallest absolute Gasteiger partial charge is 0.872 e. The van der Waals surface area contributed by atoms with Crippen LogP contribution in [0.15, 0.2) is 46.2 Å². The van der Waals surface area contributed by atoms with Gasteiger partial charge in [-0.2, -0.15) is 0 Å². The van der Waals surface area contributed by atoms with Crippen LogP contribution in [0.2, 0.25) is 0 Å². The van der Waals surface area contributed by atoms with E-state index >= 15 is 0 Å². The summed E-state index contributed by atoms with van der Waals surface area (Å²) in [5.41, 5.74) is 1.20. The van der Waals surface area contributed by atoms with Crippen LogP contribution < -0.4 is 34.7 Å². The third kappa shape index (κ3) is 5.53. The second-order valence-corrected chi connectivity index (χ2v) is 11.5. The molecule has 2 rings (SSSR count). The van der Waals surface area contributed by atoms with Crippen LogP contribution in [0.25, 0.3) is 0 Å². The van der Waals surface area contributed by atoms with Gasteiger partial charge in [0.2, 0.25) is 0 Å². The summed E-state index contributed by atoms with van der Waals surface area (Å²) < 4.78 is 12.3. The average Bonchev–Trinajstić information content (AvgIpc) is 2.37. The zero-order valence-electron chi connectivity index (χ0n) is 12.4. The predicted octanol–water partition coefficient (Wildman–Crippen LogP) is 1.07. The number of benzene rings is 2. The van der Waals surface area contributed by atoms with Crippen molar-refractivity contribution < 1.29 is 49.2 Å². The van der Waals surface area contributed by atoms with Crippen molar-refractivity contribution >= 4 is 28.5 Å². The molecule has 4 nitrogen and oxygen atoms in total. The van der Waals surface area contributed by atoms with E-state index in [2.05, 4.69) is 0 Å². The largest absolute Gasteiger partial charge is 1.00 e. The number of rotatable bonds is 4. The molecule has 1 atom stereocenters. The van der Waals surface area contributed by atoms with Crippen molar-refractivity contribution in [2.75, 3.05) is 0 Å². The van der Waals surface area contributed by atoms with E-state index in [4.69, 9.17) is 0 Å². The molecule has 0 spiro atoms. The van der Waals surface area contributed by atoms with Crippen LogP contribution in [-0.4, -0.2) is 10.00 Å². The molecule has 0 aromatic heterocycles.